The number of hydrogen-bond acceptors (Lipinski definition) is 7. The zero-order valence-electron chi connectivity index (χ0n) is 18.2. The van der Waals surface area contributed by atoms with Gasteiger partial charge in [-0.25, -0.2) is 4.79 Å². The van der Waals surface area contributed by atoms with Crippen molar-refractivity contribution in [3.8, 4) is 5.75 Å². The van der Waals surface area contributed by atoms with Gasteiger partial charge in [0.15, 0.2) is 0 Å². The van der Waals surface area contributed by atoms with Gasteiger partial charge in [0.05, 0.1) is 20.3 Å². The van der Waals surface area contributed by atoms with E-state index in [0.29, 0.717) is 6.42 Å². The molecule has 30 heavy (non-hydrogen) atoms. The van der Waals surface area contributed by atoms with Crippen LogP contribution in [-0.4, -0.2) is 79.2 Å². The summed E-state index contributed by atoms with van der Waals surface area (Å²) >= 11 is 0. The van der Waals surface area contributed by atoms with E-state index >= 15 is 0 Å². The Kier molecular flexibility index (Phi) is 4.25. The molecule has 1 aromatic rings. The van der Waals surface area contributed by atoms with Crippen LogP contribution in [0.3, 0.4) is 0 Å². The number of nitrogens with zero attached hydrogens (tertiary/aromatic N) is 2. The smallest absolute Gasteiger partial charge is 0.342 e. The van der Waals surface area contributed by atoms with Crippen molar-refractivity contribution >= 4 is 11.7 Å². The highest BCUT2D eigenvalue weighted by Crippen LogP contribution is 2.67. The second kappa shape index (κ2) is 6.34. The van der Waals surface area contributed by atoms with Gasteiger partial charge in [0.1, 0.15) is 11.9 Å². The Morgan fingerprint density at radius 3 is 2.67 bits per heavy atom. The number of fused-ring (bicyclic) bond motifs is 1. The summed E-state index contributed by atoms with van der Waals surface area (Å²) in [5.41, 5.74) is -0.966. The van der Waals surface area contributed by atoms with E-state index in [4.69, 9.17) is 9.47 Å². The monoisotopic (exact) mass is 416 g/mol. The summed E-state index contributed by atoms with van der Waals surface area (Å²) in [7, 11) is 4.83. The van der Waals surface area contributed by atoms with Crippen LogP contribution in [0.2, 0.25) is 0 Å². The van der Waals surface area contributed by atoms with Crippen LogP contribution < -0.4 is 9.64 Å². The number of carbonyl (C=O) groups is 1. The third kappa shape index (κ3) is 1.99. The third-order valence-corrected chi connectivity index (χ3v) is 8.81. The van der Waals surface area contributed by atoms with Gasteiger partial charge in [-0.15, -0.1) is 0 Å². The molecule has 1 spiro atoms. The van der Waals surface area contributed by atoms with Crippen LogP contribution in [-0.2, 0) is 14.9 Å². The van der Waals surface area contributed by atoms with Gasteiger partial charge < -0.3 is 24.6 Å². The van der Waals surface area contributed by atoms with E-state index in [1.165, 1.54) is 7.11 Å². The second-order valence-corrected chi connectivity index (χ2v) is 9.54. The number of benzene rings is 1. The Balaban J connectivity index is 1.83. The first-order valence-electron chi connectivity index (χ1n) is 11.0. The number of carbonyl (C=O) groups excluding carboxylic acids is 1. The molecule has 164 valence electrons. The predicted octanol–water partition coefficient (Wildman–Crippen LogP) is 1.29. The first-order valence-corrected chi connectivity index (χ1v) is 11.0. The van der Waals surface area contributed by atoms with Crippen molar-refractivity contribution in [1.82, 2.24) is 4.90 Å². The maximum absolute atomic E-state index is 13.2. The Bertz CT molecular complexity index is 892. The van der Waals surface area contributed by atoms with Gasteiger partial charge in [-0.1, -0.05) is 13.0 Å². The molecule has 3 aliphatic heterocycles. The van der Waals surface area contributed by atoms with Crippen LogP contribution in [0.15, 0.2) is 18.2 Å². The largest absolute Gasteiger partial charge is 0.497 e. The molecule has 3 heterocycles. The quantitative estimate of drug-likeness (QED) is 0.719. The highest BCUT2D eigenvalue weighted by molar-refractivity contribution is 5.86. The summed E-state index contributed by atoms with van der Waals surface area (Å²) < 4.78 is 10.6. The summed E-state index contributed by atoms with van der Waals surface area (Å²) in [4.78, 5) is 17.6. The van der Waals surface area contributed by atoms with E-state index in [1.807, 2.05) is 24.1 Å². The molecule has 7 heteroatoms. The lowest BCUT2D eigenvalue weighted by molar-refractivity contribution is -0.233. The highest BCUT2D eigenvalue weighted by atomic mass is 16.5. The maximum atomic E-state index is 13.2. The molecule has 4 aliphatic rings. The number of piperidine rings is 1. The first kappa shape index (κ1) is 20.1. The Hall–Kier alpha value is -1.83. The second-order valence-electron chi connectivity index (χ2n) is 9.54. The molecule has 2 N–H and O–H groups in total. The standard InChI is InChI=1S/C23H32N2O5/c1-5-21-9-6-11-25-12-10-22(17(21)25)15-8-7-14(29-3)13-16(15)24(2)18(22)23(28,19(21)26)20(27)30-4/h7-8,13,17-19,26,28H,5-6,9-12H2,1-4H3. The third-order valence-electron chi connectivity index (χ3n) is 8.81. The zero-order chi connectivity index (χ0) is 21.5. The molecule has 0 amide bonds. The number of esters is 1. The lowest BCUT2D eigenvalue weighted by Gasteiger charge is -2.64. The molecular weight excluding hydrogens is 384 g/mol. The van der Waals surface area contributed by atoms with Gasteiger partial charge in [-0.05, 0) is 50.4 Å². The van der Waals surface area contributed by atoms with E-state index in [2.05, 4.69) is 17.9 Å². The van der Waals surface area contributed by atoms with Crippen LogP contribution in [0, 0.1) is 5.41 Å². The molecule has 5 rings (SSSR count). The molecule has 0 bridgehead atoms. The fourth-order valence-electron chi connectivity index (χ4n) is 7.82. The fraction of sp³-hybridized carbons (Fsp3) is 0.696. The first-order chi connectivity index (χ1) is 14.3. The molecule has 2 saturated heterocycles. The van der Waals surface area contributed by atoms with Gasteiger partial charge >= 0.3 is 5.97 Å². The average molecular weight is 417 g/mol. The average Bonchev–Trinajstić information content (AvgIpc) is 3.28. The number of anilines is 1. The van der Waals surface area contributed by atoms with Gasteiger partial charge in [0.25, 0.3) is 0 Å². The van der Waals surface area contributed by atoms with Gasteiger partial charge in [-0.3, -0.25) is 4.90 Å². The summed E-state index contributed by atoms with van der Waals surface area (Å²) in [6, 6.07) is 5.49. The number of aliphatic hydroxyl groups excluding tert-OH is 1. The summed E-state index contributed by atoms with van der Waals surface area (Å²) in [5, 5.41) is 23.8. The Morgan fingerprint density at radius 1 is 1.23 bits per heavy atom. The van der Waals surface area contributed by atoms with Crippen molar-refractivity contribution in [3.05, 3.63) is 23.8 Å². The van der Waals surface area contributed by atoms with E-state index < -0.39 is 34.5 Å². The topological polar surface area (TPSA) is 82.5 Å². The van der Waals surface area contributed by atoms with Crippen molar-refractivity contribution in [2.24, 2.45) is 5.41 Å². The predicted molar refractivity (Wildman–Crippen MR) is 112 cm³/mol. The molecule has 6 unspecified atom stereocenters. The van der Waals surface area contributed by atoms with Gasteiger partial charge in [0.2, 0.25) is 5.60 Å². The van der Waals surface area contributed by atoms with Crippen LogP contribution in [0.5, 0.6) is 5.75 Å². The van der Waals surface area contributed by atoms with Crippen molar-refractivity contribution < 1.29 is 24.5 Å². The highest BCUT2D eigenvalue weighted by Gasteiger charge is 2.79. The zero-order valence-corrected chi connectivity index (χ0v) is 18.2. The number of likely N-dealkylation sites (N-methyl/N-ethyl adjacent to an activating group) is 1. The molecule has 1 saturated carbocycles. The van der Waals surface area contributed by atoms with Crippen LogP contribution in [0.25, 0.3) is 0 Å². The SMILES string of the molecule is CCC12CCCN3CCC4(c5ccc(OC)cc5N(C)C4C(O)(C(=O)OC)C1O)C32. The van der Waals surface area contributed by atoms with Crippen molar-refractivity contribution in [2.45, 2.75) is 61.8 Å². The van der Waals surface area contributed by atoms with Crippen LogP contribution >= 0.6 is 0 Å². The van der Waals surface area contributed by atoms with Gasteiger partial charge in [-0.2, -0.15) is 0 Å². The van der Waals surface area contributed by atoms with Crippen molar-refractivity contribution in [1.29, 1.82) is 0 Å². The summed E-state index contributed by atoms with van der Waals surface area (Å²) in [5.74, 6) is -0.0145. The van der Waals surface area contributed by atoms with Crippen LogP contribution in [0.4, 0.5) is 5.69 Å². The number of rotatable bonds is 3. The molecule has 6 atom stereocenters. The van der Waals surface area contributed by atoms with Crippen LogP contribution in [0.1, 0.15) is 38.2 Å². The van der Waals surface area contributed by atoms with E-state index in [-0.39, 0.29) is 6.04 Å². The lowest BCUT2D eigenvalue weighted by Crippen LogP contribution is -2.81. The molecule has 0 radical (unpaired) electrons. The van der Waals surface area contributed by atoms with Crippen molar-refractivity contribution in [3.63, 3.8) is 0 Å². The number of ether oxygens (including phenoxy) is 2. The number of hydrogen-bond donors (Lipinski definition) is 2. The summed E-state index contributed by atoms with van der Waals surface area (Å²) in [6.07, 6.45) is 2.06. The molecule has 7 nitrogen and oxygen atoms in total. The molecule has 1 aromatic carbocycles. The minimum Gasteiger partial charge on any atom is -0.497 e. The van der Waals surface area contributed by atoms with E-state index in [9.17, 15) is 15.0 Å². The number of methoxy groups -OCH3 is 2. The van der Waals surface area contributed by atoms with Gasteiger partial charge in [0, 0.05) is 35.7 Å². The minimum atomic E-state index is -2.02. The molecule has 1 aliphatic carbocycles. The van der Waals surface area contributed by atoms with Crippen molar-refractivity contribution in [2.75, 3.05) is 39.3 Å². The minimum absolute atomic E-state index is 0.0609. The van der Waals surface area contributed by atoms with E-state index in [1.54, 1.807) is 7.11 Å². The summed E-state index contributed by atoms with van der Waals surface area (Å²) in [6.45, 7) is 3.95. The molecule has 3 fully saturated rings. The Labute approximate surface area is 177 Å². The van der Waals surface area contributed by atoms with E-state index in [0.717, 1.165) is 49.4 Å². The molecule has 0 aromatic heterocycles. The lowest BCUT2D eigenvalue weighted by atomic mass is 9.47. The normalized spacial score (nSPS) is 41.8. The number of aliphatic hydroxyl groups is 2. The Morgan fingerprint density at radius 2 is 2.00 bits per heavy atom. The fourth-order valence-corrected chi connectivity index (χ4v) is 7.82. The molecular formula is C23H32N2O5. The maximum Gasteiger partial charge on any atom is 0.342 e.